The van der Waals surface area contributed by atoms with Crippen LogP contribution >= 0.6 is 11.6 Å². The SMILES string of the molecule is Cc1cc(CNc2ncc(C(=O)N3CCCCC3)cc2Cl)cc(C)n1. The Bertz CT molecular complexity index is 752. The molecule has 0 saturated carbocycles. The van der Waals surface area contributed by atoms with Crippen LogP contribution in [0.1, 0.15) is 46.6 Å². The number of hydrogen-bond donors (Lipinski definition) is 1. The number of halogens is 1. The van der Waals surface area contributed by atoms with Gasteiger partial charge >= 0.3 is 0 Å². The number of carbonyl (C=O) groups excluding carboxylic acids is 1. The number of nitrogens with zero attached hydrogens (tertiary/aromatic N) is 3. The number of aryl methyl sites for hydroxylation is 2. The molecule has 5 nitrogen and oxygen atoms in total. The predicted molar refractivity (Wildman–Crippen MR) is 100 cm³/mol. The normalized spacial score (nSPS) is 14.4. The monoisotopic (exact) mass is 358 g/mol. The summed E-state index contributed by atoms with van der Waals surface area (Å²) in [5.74, 6) is 0.602. The summed E-state index contributed by atoms with van der Waals surface area (Å²) >= 11 is 6.33. The topological polar surface area (TPSA) is 58.1 Å². The quantitative estimate of drug-likeness (QED) is 0.897. The lowest BCUT2D eigenvalue weighted by Crippen LogP contribution is -2.35. The fourth-order valence-corrected chi connectivity index (χ4v) is 3.41. The van der Waals surface area contributed by atoms with Gasteiger partial charge in [-0.15, -0.1) is 0 Å². The van der Waals surface area contributed by atoms with Gasteiger partial charge in [0.1, 0.15) is 5.82 Å². The van der Waals surface area contributed by atoms with Crippen LogP contribution in [0.25, 0.3) is 0 Å². The van der Waals surface area contributed by atoms with Crippen molar-refractivity contribution in [3.05, 3.63) is 51.9 Å². The van der Waals surface area contributed by atoms with Crippen molar-refractivity contribution in [1.82, 2.24) is 14.9 Å². The maximum Gasteiger partial charge on any atom is 0.255 e. The molecular formula is C19H23ClN4O. The highest BCUT2D eigenvalue weighted by Gasteiger charge is 2.19. The molecule has 2 aromatic heterocycles. The van der Waals surface area contributed by atoms with Crippen LogP contribution in [0.5, 0.6) is 0 Å². The number of likely N-dealkylation sites (tertiary alicyclic amines) is 1. The van der Waals surface area contributed by atoms with Crippen LogP contribution in [-0.2, 0) is 6.54 Å². The number of aromatic nitrogens is 2. The molecule has 1 amide bonds. The Morgan fingerprint density at radius 1 is 1.16 bits per heavy atom. The minimum absolute atomic E-state index is 0.0148. The van der Waals surface area contributed by atoms with E-state index in [0.29, 0.717) is 22.9 Å². The van der Waals surface area contributed by atoms with E-state index >= 15 is 0 Å². The number of pyridine rings is 2. The third-order valence-corrected chi connectivity index (χ3v) is 4.62. The second-order valence-corrected chi connectivity index (χ2v) is 6.93. The Balaban J connectivity index is 1.68. The average molecular weight is 359 g/mol. The van der Waals surface area contributed by atoms with Crippen LogP contribution in [0, 0.1) is 13.8 Å². The Kier molecular flexibility index (Phi) is 5.53. The third-order valence-electron chi connectivity index (χ3n) is 4.33. The van der Waals surface area contributed by atoms with Gasteiger partial charge in [-0.3, -0.25) is 9.78 Å². The van der Waals surface area contributed by atoms with Crippen molar-refractivity contribution in [2.24, 2.45) is 0 Å². The number of nitrogens with one attached hydrogen (secondary N) is 1. The summed E-state index contributed by atoms with van der Waals surface area (Å²) in [6.07, 6.45) is 4.93. The second-order valence-electron chi connectivity index (χ2n) is 6.52. The van der Waals surface area contributed by atoms with Crippen molar-refractivity contribution in [2.45, 2.75) is 39.7 Å². The zero-order valence-electron chi connectivity index (χ0n) is 14.7. The van der Waals surface area contributed by atoms with Crippen LogP contribution in [0.15, 0.2) is 24.4 Å². The molecule has 1 N–H and O–H groups in total. The highest BCUT2D eigenvalue weighted by molar-refractivity contribution is 6.33. The van der Waals surface area contributed by atoms with Crippen LogP contribution in [0.2, 0.25) is 5.02 Å². The molecule has 0 unspecified atom stereocenters. The standard InChI is InChI=1S/C19H23ClN4O/c1-13-8-15(9-14(2)23-13)11-21-18-17(20)10-16(12-22-18)19(25)24-6-4-3-5-7-24/h8-10,12H,3-7,11H2,1-2H3,(H,21,22). The predicted octanol–water partition coefficient (Wildman–Crippen LogP) is 3.99. The third kappa shape index (κ3) is 4.48. The molecule has 1 aliphatic rings. The molecule has 2 aromatic rings. The van der Waals surface area contributed by atoms with Crippen molar-refractivity contribution in [3.63, 3.8) is 0 Å². The average Bonchev–Trinajstić information content (AvgIpc) is 2.60. The summed E-state index contributed by atoms with van der Waals surface area (Å²) in [6, 6.07) is 5.77. The Hall–Kier alpha value is -2.14. The van der Waals surface area contributed by atoms with E-state index in [1.54, 1.807) is 12.3 Å². The second kappa shape index (κ2) is 7.83. The Labute approximate surface area is 153 Å². The van der Waals surface area contributed by atoms with E-state index in [1.165, 1.54) is 6.42 Å². The molecule has 0 radical (unpaired) electrons. The first kappa shape index (κ1) is 17.7. The Morgan fingerprint density at radius 2 is 1.84 bits per heavy atom. The summed E-state index contributed by atoms with van der Waals surface area (Å²) < 4.78 is 0. The molecule has 0 aliphatic carbocycles. The minimum Gasteiger partial charge on any atom is -0.365 e. The molecule has 25 heavy (non-hydrogen) atoms. The molecule has 1 fully saturated rings. The molecule has 1 aliphatic heterocycles. The lowest BCUT2D eigenvalue weighted by atomic mass is 10.1. The van der Waals surface area contributed by atoms with Gasteiger partial charge in [0.25, 0.3) is 5.91 Å². The molecule has 6 heteroatoms. The van der Waals surface area contributed by atoms with Crippen molar-refractivity contribution in [1.29, 1.82) is 0 Å². The van der Waals surface area contributed by atoms with Crippen LogP contribution in [-0.4, -0.2) is 33.9 Å². The first-order chi connectivity index (χ1) is 12.0. The van der Waals surface area contributed by atoms with E-state index in [9.17, 15) is 4.79 Å². The summed E-state index contributed by atoms with van der Waals surface area (Å²) in [4.78, 5) is 23.1. The number of anilines is 1. The van der Waals surface area contributed by atoms with Gasteiger partial charge in [0.2, 0.25) is 0 Å². The molecule has 0 aromatic carbocycles. The molecule has 3 heterocycles. The van der Waals surface area contributed by atoms with Gasteiger partial charge in [0, 0.05) is 37.2 Å². The van der Waals surface area contributed by atoms with E-state index in [0.717, 1.165) is 42.9 Å². The van der Waals surface area contributed by atoms with Crippen LogP contribution in [0.4, 0.5) is 5.82 Å². The first-order valence-electron chi connectivity index (χ1n) is 8.66. The summed E-state index contributed by atoms with van der Waals surface area (Å²) in [7, 11) is 0. The van der Waals surface area contributed by atoms with E-state index in [2.05, 4.69) is 15.3 Å². The lowest BCUT2D eigenvalue weighted by Gasteiger charge is -2.26. The van der Waals surface area contributed by atoms with Crippen molar-refractivity contribution < 1.29 is 4.79 Å². The fraction of sp³-hybridized carbons (Fsp3) is 0.421. The largest absolute Gasteiger partial charge is 0.365 e. The number of carbonyl (C=O) groups is 1. The van der Waals surface area contributed by atoms with Gasteiger partial charge in [0.05, 0.1) is 10.6 Å². The highest BCUT2D eigenvalue weighted by Crippen LogP contribution is 2.22. The molecule has 1 saturated heterocycles. The van der Waals surface area contributed by atoms with Crippen molar-refractivity contribution in [3.8, 4) is 0 Å². The highest BCUT2D eigenvalue weighted by atomic mass is 35.5. The van der Waals surface area contributed by atoms with E-state index in [-0.39, 0.29) is 5.91 Å². The minimum atomic E-state index is 0.0148. The summed E-state index contributed by atoms with van der Waals surface area (Å²) in [5, 5.41) is 3.70. The molecule has 0 atom stereocenters. The van der Waals surface area contributed by atoms with Gasteiger partial charge in [-0.1, -0.05) is 11.6 Å². The maximum atomic E-state index is 12.5. The van der Waals surface area contributed by atoms with E-state index in [1.807, 2.05) is 30.9 Å². The number of hydrogen-bond acceptors (Lipinski definition) is 4. The number of piperidine rings is 1. The van der Waals surface area contributed by atoms with Crippen LogP contribution in [0.3, 0.4) is 0 Å². The Morgan fingerprint density at radius 3 is 2.48 bits per heavy atom. The van der Waals surface area contributed by atoms with Gasteiger partial charge in [-0.25, -0.2) is 4.98 Å². The van der Waals surface area contributed by atoms with Gasteiger partial charge in [0.15, 0.2) is 0 Å². The maximum absolute atomic E-state index is 12.5. The first-order valence-corrected chi connectivity index (χ1v) is 9.03. The lowest BCUT2D eigenvalue weighted by molar-refractivity contribution is 0.0724. The molecule has 3 rings (SSSR count). The zero-order chi connectivity index (χ0) is 17.8. The fourth-order valence-electron chi connectivity index (χ4n) is 3.17. The smallest absolute Gasteiger partial charge is 0.255 e. The van der Waals surface area contributed by atoms with Crippen molar-refractivity contribution in [2.75, 3.05) is 18.4 Å². The van der Waals surface area contributed by atoms with Crippen molar-refractivity contribution >= 4 is 23.3 Å². The van der Waals surface area contributed by atoms with Gasteiger partial charge in [-0.2, -0.15) is 0 Å². The number of rotatable bonds is 4. The molecular weight excluding hydrogens is 336 g/mol. The van der Waals surface area contributed by atoms with E-state index in [4.69, 9.17) is 11.6 Å². The van der Waals surface area contributed by atoms with Gasteiger partial charge < -0.3 is 10.2 Å². The number of amides is 1. The summed E-state index contributed by atoms with van der Waals surface area (Å²) in [6.45, 7) is 6.19. The molecule has 0 spiro atoms. The van der Waals surface area contributed by atoms with Gasteiger partial charge in [-0.05, 0) is 56.9 Å². The molecule has 132 valence electrons. The van der Waals surface area contributed by atoms with E-state index < -0.39 is 0 Å². The summed E-state index contributed by atoms with van der Waals surface area (Å²) in [5.41, 5.74) is 3.64. The zero-order valence-corrected chi connectivity index (χ0v) is 15.4. The van der Waals surface area contributed by atoms with Crippen LogP contribution < -0.4 is 5.32 Å². The molecule has 0 bridgehead atoms.